The minimum atomic E-state index is -0.961. The van der Waals surface area contributed by atoms with Crippen molar-refractivity contribution in [1.29, 1.82) is 5.26 Å². The number of aromatic nitrogens is 2. The van der Waals surface area contributed by atoms with Gasteiger partial charge < -0.3 is 24.8 Å². The van der Waals surface area contributed by atoms with Crippen molar-refractivity contribution < 1.29 is 19.4 Å². The average molecular weight is 488 g/mol. The van der Waals surface area contributed by atoms with Gasteiger partial charge in [0.05, 0.1) is 20.3 Å². The zero-order chi connectivity index (χ0) is 22.4. The lowest BCUT2D eigenvalue weighted by molar-refractivity contribution is 0.154. The molecule has 1 atom stereocenters. The van der Waals surface area contributed by atoms with E-state index in [9.17, 15) is 15.2 Å². The van der Waals surface area contributed by atoms with Gasteiger partial charge in [0.25, 0.3) is 0 Å². The zero-order valence-electron chi connectivity index (χ0n) is 17.2. The van der Waals surface area contributed by atoms with Crippen LogP contribution in [-0.4, -0.2) is 65.1 Å². The Labute approximate surface area is 188 Å². The van der Waals surface area contributed by atoms with Gasteiger partial charge in [-0.2, -0.15) is 10.4 Å². The van der Waals surface area contributed by atoms with Gasteiger partial charge in [0, 0.05) is 36.6 Å². The Morgan fingerprint density at radius 1 is 1.32 bits per heavy atom. The normalized spacial score (nSPS) is 15.0. The Balaban J connectivity index is 2.00. The van der Waals surface area contributed by atoms with E-state index < -0.39 is 6.09 Å². The number of carbonyl (C=O) groups is 1. The zero-order valence-corrected chi connectivity index (χ0v) is 18.8. The Bertz CT molecular complexity index is 1040. The molecule has 1 aromatic carbocycles. The summed E-state index contributed by atoms with van der Waals surface area (Å²) in [6.45, 7) is 1.31. The fraction of sp³-hybridized carbons (Fsp3) is 0.381. The molecule has 2 N–H and O–H groups in total. The van der Waals surface area contributed by atoms with Crippen molar-refractivity contribution in [2.24, 2.45) is 0 Å². The number of ether oxygens (including phenoxy) is 2. The molecule has 1 saturated heterocycles. The Morgan fingerprint density at radius 3 is 2.58 bits per heavy atom. The molecule has 0 spiro atoms. The first-order valence-electron chi connectivity index (χ1n) is 9.56. The highest BCUT2D eigenvalue weighted by molar-refractivity contribution is 9.09. The summed E-state index contributed by atoms with van der Waals surface area (Å²) >= 11 is 3.37. The van der Waals surface area contributed by atoms with Gasteiger partial charge in [-0.05, 0) is 24.5 Å². The molecule has 0 aliphatic carbocycles. The van der Waals surface area contributed by atoms with Crippen molar-refractivity contribution in [3.05, 3.63) is 35.0 Å². The Kier molecular flexibility index (Phi) is 7.27. The number of alkyl halides is 1. The molecule has 31 heavy (non-hydrogen) atoms. The highest BCUT2D eigenvalue weighted by Gasteiger charge is 2.31. The summed E-state index contributed by atoms with van der Waals surface area (Å²) in [5, 5.41) is 27.5. The number of benzene rings is 1. The van der Waals surface area contributed by atoms with Crippen LogP contribution in [0.3, 0.4) is 0 Å². The second kappa shape index (κ2) is 10.1. The van der Waals surface area contributed by atoms with E-state index in [4.69, 9.17) is 9.47 Å². The largest absolute Gasteiger partial charge is 0.497 e. The van der Waals surface area contributed by atoms with Gasteiger partial charge in [-0.15, -0.1) is 0 Å². The number of nitrogens with zero attached hydrogens (tertiary/aromatic N) is 4. The van der Waals surface area contributed by atoms with Crippen LogP contribution >= 0.6 is 15.9 Å². The molecular formula is C21H22BrN5O4. The third-order valence-electron chi connectivity index (χ3n) is 4.87. The highest BCUT2D eigenvalue weighted by atomic mass is 79.9. The van der Waals surface area contributed by atoms with Gasteiger partial charge in [0.1, 0.15) is 28.9 Å². The summed E-state index contributed by atoms with van der Waals surface area (Å²) < 4.78 is 12.2. The van der Waals surface area contributed by atoms with Gasteiger partial charge >= 0.3 is 6.09 Å². The number of anilines is 1. The predicted molar refractivity (Wildman–Crippen MR) is 118 cm³/mol. The molecule has 1 aliphatic heterocycles. The minimum absolute atomic E-state index is 0.173. The fourth-order valence-electron chi connectivity index (χ4n) is 3.35. The number of amides is 1. The summed E-state index contributed by atoms with van der Waals surface area (Å²) in [6.07, 6.45) is -0.348. The predicted octanol–water partition coefficient (Wildman–Crippen LogP) is 2.90. The molecule has 0 saturated carbocycles. The second-order valence-corrected chi connectivity index (χ2v) is 7.56. The van der Waals surface area contributed by atoms with Crippen LogP contribution in [0, 0.1) is 23.2 Å². The van der Waals surface area contributed by atoms with Crippen LogP contribution in [0.5, 0.6) is 11.5 Å². The number of hydrogen-bond acceptors (Lipinski definition) is 6. The number of methoxy groups -OCH3 is 2. The van der Waals surface area contributed by atoms with Crippen molar-refractivity contribution in [2.75, 3.05) is 44.5 Å². The standard InChI is InChI=1S/C21H22BrN5O4/c1-30-16-9-14(10-17(11-16)31-2)3-4-19-18(12-23)20(24-7-6-22)27(25-19)15-5-8-26(13-15)21(28)29/h9-11,15,24H,5-8,13H2,1-2H3,(H,28,29). The Hall–Kier alpha value is -3.37. The number of halogens is 1. The molecule has 1 amide bonds. The number of nitriles is 1. The molecule has 1 aromatic heterocycles. The topological polar surface area (TPSA) is 113 Å². The van der Waals surface area contributed by atoms with Gasteiger partial charge in [-0.25, -0.2) is 9.48 Å². The molecule has 3 rings (SSSR count). The molecule has 0 radical (unpaired) electrons. The maximum atomic E-state index is 11.3. The van der Waals surface area contributed by atoms with E-state index >= 15 is 0 Å². The molecule has 9 nitrogen and oxygen atoms in total. The van der Waals surface area contributed by atoms with E-state index in [1.54, 1.807) is 37.1 Å². The summed E-state index contributed by atoms with van der Waals surface area (Å²) in [6, 6.07) is 7.30. The second-order valence-electron chi connectivity index (χ2n) is 6.77. The molecule has 10 heteroatoms. The first kappa shape index (κ1) is 22.3. The van der Waals surface area contributed by atoms with Gasteiger partial charge in [-0.1, -0.05) is 21.9 Å². The minimum Gasteiger partial charge on any atom is -0.497 e. The lowest BCUT2D eigenvalue weighted by atomic mass is 10.2. The molecular weight excluding hydrogens is 466 g/mol. The molecule has 1 aliphatic rings. The van der Waals surface area contributed by atoms with Gasteiger partial charge in [0.15, 0.2) is 5.69 Å². The summed E-state index contributed by atoms with van der Waals surface area (Å²) in [5.74, 6) is 7.76. The van der Waals surface area contributed by atoms with Crippen molar-refractivity contribution >= 4 is 27.8 Å². The van der Waals surface area contributed by atoms with Gasteiger partial charge in [-0.3, -0.25) is 0 Å². The van der Waals surface area contributed by atoms with Crippen LogP contribution in [0.2, 0.25) is 0 Å². The molecule has 2 aromatic rings. The maximum Gasteiger partial charge on any atom is 0.407 e. The van der Waals surface area contributed by atoms with E-state index in [0.717, 1.165) is 0 Å². The van der Waals surface area contributed by atoms with Crippen LogP contribution in [-0.2, 0) is 0 Å². The highest BCUT2D eigenvalue weighted by Crippen LogP contribution is 2.29. The van der Waals surface area contributed by atoms with Crippen LogP contribution < -0.4 is 14.8 Å². The lowest BCUT2D eigenvalue weighted by Gasteiger charge is -2.16. The SMILES string of the molecule is COc1cc(C#Cc2nn(C3CCN(C(=O)O)C3)c(NCCBr)c2C#N)cc(OC)c1. The average Bonchev–Trinajstić information content (AvgIpc) is 3.40. The van der Waals surface area contributed by atoms with Crippen molar-refractivity contribution in [3.63, 3.8) is 0 Å². The van der Waals surface area contributed by atoms with Gasteiger partial charge in [0.2, 0.25) is 0 Å². The number of carboxylic acid groups (broad SMARTS) is 1. The molecule has 1 unspecified atom stereocenters. The van der Waals surface area contributed by atoms with Crippen molar-refractivity contribution in [2.45, 2.75) is 12.5 Å². The van der Waals surface area contributed by atoms with Crippen molar-refractivity contribution in [1.82, 2.24) is 14.7 Å². The van der Waals surface area contributed by atoms with E-state index in [0.29, 0.717) is 65.5 Å². The quantitative estimate of drug-likeness (QED) is 0.475. The molecule has 0 bridgehead atoms. The summed E-state index contributed by atoms with van der Waals surface area (Å²) in [5.41, 5.74) is 1.31. The van der Waals surface area contributed by atoms with Crippen LogP contribution in [0.15, 0.2) is 18.2 Å². The van der Waals surface area contributed by atoms with Crippen molar-refractivity contribution in [3.8, 4) is 29.4 Å². The van der Waals surface area contributed by atoms with Crippen LogP contribution in [0.25, 0.3) is 0 Å². The van der Waals surface area contributed by atoms with E-state index in [-0.39, 0.29) is 6.04 Å². The maximum absolute atomic E-state index is 11.3. The van der Waals surface area contributed by atoms with E-state index in [1.807, 2.05) is 0 Å². The first-order valence-corrected chi connectivity index (χ1v) is 10.7. The smallest absolute Gasteiger partial charge is 0.407 e. The molecule has 2 heterocycles. The molecule has 1 fully saturated rings. The number of likely N-dealkylation sites (tertiary alicyclic amines) is 1. The fourth-order valence-corrected chi connectivity index (χ4v) is 3.55. The van der Waals surface area contributed by atoms with E-state index in [2.05, 4.69) is 44.3 Å². The lowest BCUT2D eigenvalue weighted by Crippen LogP contribution is -2.27. The third kappa shape index (κ3) is 5.04. The van der Waals surface area contributed by atoms with Crippen LogP contribution in [0.1, 0.15) is 29.3 Å². The summed E-state index contributed by atoms with van der Waals surface area (Å²) in [4.78, 5) is 12.7. The first-order chi connectivity index (χ1) is 15.0. The number of rotatable bonds is 6. The summed E-state index contributed by atoms with van der Waals surface area (Å²) in [7, 11) is 3.12. The molecule has 162 valence electrons. The number of nitrogens with one attached hydrogen (secondary N) is 1. The van der Waals surface area contributed by atoms with E-state index in [1.165, 1.54) is 4.90 Å². The monoisotopic (exact) mass is 487 g/mol. The number of hydrogen-bond donors (Lipinski definition) is 2. The van der Waals surface area contributed by atoms with Crippen LogP contribution in [0.4, 0.5) is 10.6 Å². The third-order valence-corrected chi connectivity index (χ3v) is 5.26. The Morgan fingerprint density at radius 2 is 2.03 bits per heavy atom.